The lowest BCUT2D eigenvalue weighted by Gasteiger charge is -2.26. The Hall–Kier alpha value is -6.26. The number of nitrogens with zero attached hydrogens (tertiary/aromatic N) is 4. The molecule has 0 aliphatic heterocycles. The van der Waals surface area contributed by atoms with E-state index in [-0.39, 0.29) is 5.92 Å². The third-order valence-corrected chi connectivity index (χ3v) is 11.8. The van der Waals surface area contributed by atoms with Crippen LogP contribution in [0.15, 0.2) is 127 Å². The van der Waals surface area contributed by atoms with Crippen molar-refractivity contribution in [2.24, 2.45) is 20.0 Å². The van der Waals surface area contributed by atoms with Crippen molar-refractivity contribution >= 4 is 55.8 Å². The minimum atomic E-state index is 0.176. The monoisotopic (exact) mass is 684 g/mol. The molecule has 256 valence electrons. The third-order valence-electron chi connectivity index (χ3n) is 11.8. The predicted molar refractivity (Wildman–Crippen MR) is 222 cm³/mol. The van der Waals surface area contributed by atoms with Crippen LogP contribution >= 0.6 is 0 Å². The Morgan fingerprint density at radius 1 is 0.472 bits per heavy atom. The number of hydrogen-bond donors (Lipinski definition) is 0. The summed E-state index contributed by atoms with van der Waals surface area (Å²) in [6, 6.07) is 47.3. The molecule has 0 saturated carbocycles. The first-order valence-electron chi connectivity index (χ1n) is 18.6. The second-order valence-electron chi connectivity index (χ2n) is 14.9. The molecule has 0 bridgehead atoms. The second kappa shape index (κ2) is 11.9. The molecule has 1 aliphatic carbocycles. The number of rotatable bonds is 4. The van der Waals surface area contributed by atoms with Gasteiger partial charge in [0.15, 0.2) is 0 Å². The minimum absolute atomic E-state index is 0.176. The molecule has 0 amide bonds. The van der Waals surface area contributed by atoms with E-state index < -0.39 is 0 Å². The number of benzene rings is 7. The molecule has 1 aliphatic rings. The van der Waals surface area contributed by atoms with E-state index in [4.69, 9.17) is 9.97 Å². The van der Waals surface area contributed by atoms with Crippen molar-refractivity contribution in [3.8, 4) is 33.4 Å². The highest BCUT2D eigenvalue weighted by Crippen LogP contribution is 2.45. The van der Waals surface area contributed by atoms with Crippen LogP contribution in [-0.4, -0.2) is 19.1 Å². The molecule has 0 spiro atoms. The van der Waals surface area contributed by atoms with Crippen LogP contribution in [0, 0.1) is 19.8 Å². The second-order valence-corrected chi connectivity index (χ2v) is 14.9. The number of imidazole rings is 2. The molecular weight excluding hydrogens is 645 g/mol. The van der Waals surface area contributed by atoms with Gasteiger partial charge in [0.1, 0.15) is 11.6 Å². The molecule has 0 N–H and O–H groups in total. The quantitative estimate of drug-likeness (QED) is 0.173. The van der Waals surface area contributed by atoms with Crippen LogP contribution in [0.5, 0.6) is 0 Å². The highest BCUT2D eigenvalue weighted by molar-refractivity contribution is 6.13. The van der Waals surface area contributed by atoms with Crippen LogP contribution in [0.1, 0.15) is 30.1 Å². The summed E-state index contributed by atoms with van der Waals surface area (Å²) in [7, 11) is 4.21. The van der Waals surface area contributed by atoms with Crippen LogP contribution < -0.4 is 10.4 Å². The summed E-state index contributed by atoms with van der Waals surface area (Å²) >= 11 is 0. The summed E-state index contributed by atoms with van der Waals surface area (Å²) in [4.78, 5) is 9.60. The highest BCUT2D eigenvalue weighted by atomic mass is 15.1. The number of fused-ring (bicyclic) bond motifs is 5. The fourth-order valence-electron chi connectivity index (χ4n) is 8.78. The van der Waals surface area contributed by atoms with Gasteiger partial charge in [0.05, 0.1) is 22.1 Å². The summed E-state index contributed by atoms with van der Waals surface area (Å²) in [6.45, 7) is 6.52. The molecule has 0 fully saturated rings. The number of aromatic nitrogens is 4. The zero-order valence-electron chi connectivity index (χ0n) is 30.7. The van der Waals surface area contributed by atoms with Crippen molar-refractivity contribution in [2.75, 3.05) is 0 Å². The maximum Gasteiger partial charge on any atom is 0.106 e. The van der Waals surface area contributed by atoms with E-state index in [1.54, 1.807) is 0 Å². The van der Waals surface area contributed by atoms with Crippen molar-refractivity contribution in [1.82, 2.24) is 19.1 Å². The summed E-state index contributed by atoms with van der Waals surface area (Å²) in [5.41, 5.74) is 13.1. The van der Waals surface area contributed by atoms with Crippen molar-refractivity contribution < 1.29 is 0 Å². The van der Waals surface area contributed by atoms with Crippen molar-refractivity contribution in [1.29, 1.82) is 0 Å². The van der Waals surface area contributed by atoms with Crippen molar-refractivity contribution in [3.63, 3.8) is 0 Å². The zero-order valence-corrected chi connectivity index (χ0v) is 30.7. The summed E-state index contributed by atoms with van der Waals surface area (Å²) in [5.74, 6) is 2.51. The predicted octanol–water partition coefficient (Wildman–Crippen LogP) is 10.4. The minimum Gasteiger partial charge on any atom is -0.331 e. The molecule has 4 nitrogen and oxygen atoms in total. The SMILES string of the molecule is Cc1nc2ccc(-c3cccc4c(C5C=c6cc(-c7ccccc7)ccc6=CC5C)c5cccc(-c6ccc7nc(C)n(C)c7c6)c5cc34)cc2n1C. The van der Waals surface area contributed by atoms with Crippen LogP contribution in [0.4, 0.5) is 0 Å². The van der Waals surface area contributed by atoms with Crippen LogP contribution in [0.2, 0.25) is 0 Å². The van der Waals surface area contributed by atoms with Gasteiger partial charge in [0.2, 0.25) is 0 Å². The number of aryl methyl sites for hydroxylation is 4. The van der Waals surface area contributed by atoms with Gasteiger partial charge in [-0.05, 0) is 127 Å². The van der Waals surface area contributed by atoms with Crippen molar-refractivity contribution in [2.45, 2.75) is 26.7 Å². The summed E-state index contributed by atoms with van der Waals surface area (Å²) in [5, 5.41) is 7.73. The molecule has 0 saturated heterocycles. The Kier molecular flexibility index (Phi) is 7.06. The molecule has 9 aromatic rings. The van der Waals surface area contributed by atoms with Gasteiger partial charge in [-0.25, -0.2) is 9.97 Å². The van der Waals surface area contributed by atoms with Gasteiger partial charge in [0.25, 0.3) is 0 Å². The van der Waals surface area contributed by atoms with Gasteiger partial charge in [-0.2, -0.15) is 0 Å². The van der Waals surface area contributed by atoms with Gasteiger partial charge in [-0.15, -0.1) is 0 Å². The van der Waals surface area contributed by atoms with E-state index >= 15 is 0 Å². The first-order valence-corrected chi connectivity index (χ1v) is 18.6. The molecule has 10 rings (SSSR count). The average Bonchev–Trinajstić information content (AvgIpc) is 3.64. The molecule has 53 heavy (non-hydrogen) atoms. The topological polar surface area (TPSA) is 35.6 Å². The molecule has 2 aromatic heterocycles. The van der Waals surface area contributed by atoms with E-state index in [1.165, 1.54) is 70.9 Å². The molecule has 2 atom stereocenters. The van der Waals surface area contributed by atoms with Gasteiger partial charge in [0, 0.05) is 20.0 Å². The Labute approximate surface area is 309 Å². The normalized spacial score (nSPS) is 15.6. The smallest absolute Gasteiger partial charge is 0.106 e. The van der Waals surface area contributed by atoms with E-state index in [9.17, 15) is 0 Å². The van der Waals surface area contributed by atoms with E-state index in [0.29, 0.717) is 5.92 Å². The first-order chi connectivity index (χ1) is 25.8. The Balaban J connectivity index is 1.27. The molecule has 4 heteroatoms. The largest absolute Gasteiger partial charge is 0.331 e. The average molecular weight is 685 g/mol. The Bertz CT molecular complexity index is 2930. The standard InChI is InChI=1S/C49H40N4/c1-29-23-33-17-18-34(32-11-7-6-8-12-32)24-37(33)25-42(29)49-40-15-9-13-38(35-19-21-45-47(26-35)52(4)30(2)50-45)43(40)28-44-39(14-10-16-41(44)49)36-20-22-46-48(27-36)53(5)31(3)51-46/h6-29,42H,1-5H3. The highest BCUT2D eigenvalue weighted by Gasteiger charge is 2.25. The van der Waals surface area contributed by atoms with Crippen LogP contribution in [0.25, 0.3) is 89.1 Å². The van der Waals surface area contributed by atoms with E-state index in [2.05, 4.69) is 184 Å². The third kappa shape index (κ3) is 4.97. The van der Waals surface area contributed by atoms with Crippen LogP contribution in [0.3, 0.4) is 0 Å². The maximum absolute atomic E-state index is 4.80. The van der Waals surface area contributed by atoms with Gasteiger partial charge < -0.3 is 9.13 Å². The lowest BCUT2D eigenvalue weighted by Crippen LogP contribution is -2.31. The Morgan fingerprint density at radius 3 is 1.62 bits per heavy atom. The number of hydrogen-bond acceptors (Lipinski definition) is 2. The van der Waals surface area contributed by atoms with E-state index in [0.717, 1.165) is 33.7 Å². The molecule has 2 heterocycles. The fourth-order valence-corrected chi connectivity index (χ4v) is 8.78. The van der Waals surface area contributed by atoms with Gasteiger partial charge in [-0.3, -0.25) is 0 Å². The zero-order chi connectivity index (χ0) is 36.0. The van der Waals surface area contributed by atoms with Gasteiger partial charge in [-0.1, -0.05) is 110 Å². The summed E-state index contributed by atoms with van der Waals surface area (Å²) < 4.78 is 4.38. The summed E-state index contributed by atoms with van der Waals surface area (Å²) in [6.07, 6.45) is 5.01. The molecule has 2 unspecified atom stereocenters. The fraction of sp³-hybridized carbons (Fsp3) is 0.143. The van der Waals surface area contributed by atoms with Crippen molar-refractivity contribution in [3.05, 3.63) is 155 Å². The van der Waals surface area contributed by atoms with Gasteiger partial charge >= 0.3 is 0 Å². The van der Waals surface area contributed by atoms with E-state index in [1.807, 2.05) is 0 Å². The first kappa shape index (κ1) is 31.5. The maximum atomic E-state index is 4.80. The molecular formula is C49H40N4. The lowest BCUT2D eigenvalue weighted by molar-refractivity contribution is 0.702. The molecule has 0 radical (unpaired) electrons. The van der Waals surface area contributed by atoms with Crippen LogP contribution in [-0.2, 0) is 14.1 Å². The Morgan fingerprint density at radius 2 is 1.04 bits per heavy atom. The molecule has 7 aromatic carbocycles. The lowest BCUT2D eigenvalue weighted by atomic mass is 9.77.